The molecule has 1 aromatic rings. The van der Waals surface area contributed by atoms with Gasteiger partial charge in [0.2, 0.25) is 0 Å². The van der Waals surface area contributed by atoms with Gasteiger partial charge in [-0.2, -0.15) is 0 Å². The van der Waals surface area contributed by atoms with E-state index in [1.54, 1.807) is 0 Å². The fourth-order valence-electron chi connectivity index (χ4n) is 2.56. The summed E-state index contributed by atoms with van der Waals surface area (Å²) >= 11 is 0. The first-order chi connectivity index (χ1) is 10.0. The first-order valence-electron chi connectivity index (χ1n) is 8.55. The van der Waals surface area contributed by atoms with Crippen molar-refractivity contribution in [1.82, 2.24) is 10.2 Å². The Labute approximate surface area is 130 Å². The van der Waals surface area contributed by atoms with Gasteiger partial charge in [0.25, 0.3) is 0 Å². The zero-order chi connectivity index (χ0) is 15.2. The van der Waals surface area contributed by atoms with E-state index in [9.17, 15) is 0 Å². The van der Waals surface area contributed by atoms with Gasteiger partial charge < -0.3 is 9.73 Å². The highest BCUT2D eigenvalue weighted by atomic mass is 16.3. The molecule has 0 atom stereocenters. The van der Waals surface area contributed by atoms with Crippen LogP contribution in [0, 0.1) is 11.8 Å². The molecule has 1 heterocycles. The number of hydrogen-bond acceptors (Lipinski definition) is 3. The van der Waals surface area contributed by atoms with Gasteiger partial charge in [-0.25, -0.2) is 0 Å². The molecule has 0 aliphatic heterocycles. The van der Waals surface area contributed by atoms with Crippen LogP contribution in [-0.4, -0.2) is 24.0 Å². The van der Waals surface area contributed by atoms with Crippen molar-refractivity contribution < 1.29 is 4.42 Å². The second kappa shape index (κ2) is 8.00. The summed E-state index contributed by atoms with van der Waals surface area (Å²) in [6.45, 7) is 13.2. The Kier molecular flexibility index (Phi) is 6.31. The lowest BCUT2D eigenvalue weighted by atomic mass is 10.1. The van der Waals surface area contributed by atoms with E-state index in [4.69, 9.17) is 4.42 Å². The van der Waals surface area contributed by atoms with Crippen LogP contribution in [0.4, 0.5) is 0 Å². The van der Waals surface area contributed by atoms with Gasteiger partial charge in [0.1, 0.15) is 5.76 Å². The Bertz CT molecular complexity index is 407. The molecule has 1 aromatic heterocycles. The Morgan fingerprint density at radius 2 is 2.00 bits per heavy atom. The molecule has 0 bridgehead atoms. The number of rotatable bonds is 10. The summed E-state index contributed by atoms with van der Waals surface area (Å²) in [4.78, 5) is 2.60. The van der Waals surface area contributed by atoms with E-state index in [1.807, 2.05) is 6.26 Å². The molecule has 3 nitrogen and oxygen atoms in total. The standard InChI is InChI=1S/C18H32N2O/c1-14(2)7-8-20(17-5-6-17)12-18-9-16(13-21-18)11-19-10-15(3)4/h9,13-15,17,19H,5-8,10-12H2,1-4H3. The van der Waals surface area contributed by atoms with Crippen molar-refractivity contribution in [1.29, 1.82) is 0 Å². The highest BCUT2D eigenvalue weighted by Crippen LogP contribution is 2.29. The minimum absolute atomic E-state index is 0.692. The van der Waals surface area contributed by atoms with E-state index >= 15 is 0 Å². The molecule has 120 valence electrons. The van der Waals surface area contributed by atoms with Crippen LogP contribution < -0.4 is 5.32 Å². The molecule has 0 aromatic carbocycles. The van der Waals surface area contributed by atoms with Gasteiger partial charge in [-0.15, -0.1) is 0 Å². The Morgan fingerprint density at radius 3 is 2.62 bits per heavy atom. The van der Waals surface area contributed by atoms with Crippen molar-refractivity contribution in [2.45, 2.75) is 66.1 Å². The molecule has 1 aliphatic rings. The van der Waals surface area contributed by atoms with Crippen LogP contribution >= 0.6 is 0 Å². The summed E-state index contributed by atoms with van der Waals surface area (Å²) in [7, 11) is 0. The molecular weight excluding hydrogens is 260 g/mol. The molecule has 0 saturated heterocycles. The van der Waals surface area contributed by atoms with E-state index in [1.165, 1.54) is 31.4 Å². The Hall–Kier alpha value is -0.800. The highest BCUT2D eigenvalue weighted by Gasteiger charge is 2.29. The van der Waals surface area contributed by atoms with E-state index in [0.717, 1.165) is 37.4 Å². The van der Waals surface area contributed by atoms with Crippen LogP contribution in [0.15, 0.2) is 16.7 Å². The maximum absolute atomic E-state index is 5.76. The molecule has 21 heavy (non-hydrogen) atoms. The topological polar surface area (TPSA) is 28.4 Å². The van der Waals surface area contributed by atoms with Crippen LogP contribution in [0.25, 0.3) is 0 Å². The first-order valence-corrected chi connectivity index (χ1v) is 8.55. The predicted molar refractivity (Wildman–Crippen MR) is 88.1 cm³/mol. The number of hydrogen-bond donors (Lipinski definition) is 1. The lowest BCUT2D eigenvalue weighted by Gasteiger charge is -2.21. The van der Waals surface area contributed by atoms with Crippen LogP contribution in [0.2, 0.25) is 0 Å². The monoisotopic (exact) mass is 292 g/mol. The van der Waals surface area contributed by atoms with Gasteiger partial charge in [-0.1, -0.05) is 27.7 Å². The Morgan fingerprint density at radius 1 is 1.24 bits per heavy atom. The molecular formula is C18H32N2O. The van der Waals surface area contributed by atoms with Crippen molar-refractivity contribution in [2.75, 3.05) is 13.1 Å². The molecule has 1 saturated carbocycles. The summed E-state index contributed by atoms with van der Waals surface area (Å²) in [6, 6.07) is 3.02. The SMILES string of the molecule is CC(C)CCN(Cc1cc(CNCC(C)C)co1)C1CC1. The van der Waals surface area contributed by atoms with Gasteiger partial charge in [0.15, 0.2) is 0 Å². The van der Waals surface area contributed by atoms with Crippen LogP contribution in [0.5, 0.6) is 0 Å². The zero-order valence-electron chi connectivity index (χ0n) is 14.2. The second-order valence-electron chi connectivity index (χ2n) is 7.33. The molecule has 0 spiro atoms. The predicted octanol–water partition coefficient (Wildman–Crippen LogP) is 4.04. The molecule has 3 heteroatoms. The maximum Gasteiger partial charge on any atom is 0.118 e. The van der Waals surface area contributed by atoms with Crippen LogP contribution in [0.3, 0.4) is 0 Å². The second-order valence-corrected chi connectivity index (χ2v) is 7.33. The van der Waals surface area contributed by atoms with Gasteiger partial charge in [0, 0.05) is 18.2 Å². The summed E-state index contributed by atoms with van der Waals surface area (Å²) in [5, 5.41) is 3.47. The average Bonchev–Trinajstić information content (AvgIpc) is 3.16. The van der Waals surface area contributed by atoms with Crippen LogP contribution in [-0.2, 0) is 13.1 Å². The third-order valence-electron chi connectivity index (χ3n) is 4.01. The quantitative estimate of drug-likeness (QED) is 0.705. The first kappa shape index (κ1) is 16.6. The van der Waals surface area contributed by atoms with Gasteiger partial charge in [-0.3, -0.25) is 4.90 Å². The Balaban J connectivity index is 1.79. The fourth-order valence-corrected chi connectivity index (χ4v) is 2.56. The molecule has 1 N–H and O–H groups in total. The minimum Gasteiger partial charge on any atom is -0.468 e. The number of nitrogens with one attached hydrogen (secondary N) is 1. The van der Waals surface area contributed by atoms with E-state index < -0.39 is 0 Å². The third-order valence-corrected chi connectivity index (χ3v) is 4.01. The fraction of sp³-hybridized carbons (Fsp3) is 0.778. The lowest BCUT2D eigenvalue weighted by Crippen LogP contribution is -2.27. The van der Waals surface area contributed by atoms with Crippen molar-refractivity contribution in [2.24, 2.45) is 11.8 Å². The lowest BCUT2D eigenvalue weighted by molar-refractivity contribution is 0.221. The van der Waals surface area contributed by atoms with Gasteiger partial charge in [-0.05, 0) is 50.3 Å². The van der Waals surface area contributed by atoms with Crippen molar-refractivity contribution in [3.05, 3.63) is 23.7 Å². The normalized spacial score (nSPS) is 15.6. The maximum atomic E-state index is 5.76. The zero-order valence-corrected chi connectivity index (χ0v) is 14.2. The molecule has 1 aliphatic carbocycles. The van der Waals surface area contributed by atoms with Crippen LogP contribution in [0.1, 0.15) is 58.3 Å². The molecule has 0 unspecified atom stereocenters. The van der Waals surface area contributed by atoms with Crippen molar-refractivity contribution in [3.8, 4) is 0 Å². The number of furan rings is 1. The summed E-state index contributed by atoms with van der Waals surface area (Å²) < 4.78 is 5.76. The molecule has 0 radical (unpaired) electrons. The van der Waals surface area contributed by atoms with Gasteiger partial charge in [0.05, 0.1) is 12.8 Å². The number of nitrogens with zero attached hydrogens (tertiary/aromatic N) is 1. The van der Waals surface area contributed by atoms with E-state index in [0.29, 0.717) is 5.92 Å². The van der Waals surface area contributed by atoms with E-state index in [-0.39, 0.29) is 0 Å². The third kappa shape index (κ3) is 6.23. The summed E-state index contributed by atoms with van der Waals surface area (Å²) in [6.07, 6.45) is 5.92. The van der Waals surface area contributed by atoms with Crippen molar-refractivity contribution in [3.63, 3.8) is 0 Å². The smallest absolute Gasteiger partial charge is 0.118 e. The van der Waals surface area contributed by atoms with Gasteiger partial charge >= 0.3 is 0 Å². The molecule has 2 rings (SSSR count). The highest BCUT2D eigenvalue weighted by molar-refractivity contribution is 5.13. The van der Waals surface area contributed by atoms with Crippen molar-refractivity contribution >= 4 is 0 Å². The molecule has 1 fully saturated rings. The van der Waals surface area contributed by atoms with E-state index in [2.05, 4.69) is 44.0 Å². The largest absolute Gasteiger partial charge is 0.468 e. The summed E-state index contributed by atoms with van der Waals surface area (Å²) in [5.41, 5.74) is 1.27. The average molecular weight is 292 g/mol. The minimum atomic E-state index is 0.692. The molecule has 0 amide bonds. The summed E-state index contributed by atoms with van der Waals surface area (Å²) in [5.74, 6) is 2.59.